The number of carbonyl (C=O) groups is 2. The number of carbonyl (C=O) groups excluding carboxylic acids is 2. The fourth-order valence-electron chi connectivity index (χ4n) is 3.13. The van der Waals surface area contributed by atoms with Gasteiger partial charge in [-0.1, -0.05) is 6.07 Å². The van der Waals surface area contributed by atoms with Crippen LogP contribution in [0.5, 0.6) is 5.75 Å². The third kappa shape index (κ3) is 3.07. The van der Waals surface area contributed by atoms with Crippen LogP contribution in [0, 0.1) is 5.82 Å². The van der Waals surface area contributed by atoms with Crippen LogP contribution in [0.1, 0.15) is 32.7 Å². The van der Waals surface area contributed by atoms with Crippen molar-refractivity contribution in [3.05, 3.63) is 58.9 Å². The molecule has 2 aromatic rings. The van der Waals surface area contributed by atoms with Crippen LogP contribution < -0.4 is 9.64 Å². The van der Waals surface area contributed by atoms with E-state index in [0.717, 1.165) is 5.56 Å². The maximum atomic E-state index is 13.6. The number of anilines is 1. The van der Waals surface area contributed by atoms with Gasteiger partial charge >= 0.3 is 5.97 Å². The van der Waals surface area contributed by atoms with Gasteiger partial charge in [0.1, 0.15) is 11.6 Å². The predicted molar refractivity (Wildman–Crippen MR) is 90.7 cm³/mol. The molecule has 0 bridgehead atoms. The van der Waals surface area contributed by atoms with Crippen LogP contribution in [0.3, 0.4) is 0 Å². The Kier molecular flexibility index (Phi) is 4.70. The molecule has 0 radical (unpaired) electrons. The summed E-state index contributed by atoms with van der Waals surface area (Å²) in [7, 11) is 2.76. The largest absolute Gasteiger partial charge is 0.496 e. The Morgan fingerprint density at radius 3 is 2.64 bits per heavy atom. The average molecular weight is 343 g/mol. The molecule has 0 unspecified atom stereocenters. The highest BCUT2D eigenvalue weighted by molar-refractivity contribution is 6.09. The number of halogens is 1. The summed E-state index contributed by atoms with van der Waals surface area (Å²) >= 11 is 0. The molecular formula is C19H18FNO4. The second-order valence-electron chi connectivity index (χ2n) is 5.70. The molecule has 0 saturated carbocycles. The Labute approximate surface area is 145 Å². The summed E-state index contributed by atoms with van der Waals surface area (Å²) in [5, 5.41) is 0. The van der Waals surface area contributed by atoms with Gasteiger partial charge in [-0.15, -0.1) is 0 Å². The highest BCUT2D eigenvalue weighted by atomic mass is 19.1. The number of fused-ring (bicyclic) bond motifs is 1. The van der Waals surface area contributed by atoms with Gasteiger partial charge in [0.2, 0.25) is 0 Å². The van der Waals surface area contributed by atoms with E-state index in [1.165, 1.54) is 32.4 Å². The Morgan fingerprint density at radius 1 is 1.12 bits per heavy atom. The Morgan fingerprint density at radius 2 is 1.92 bits per heavy atom. The van der Waals surface area contributed by atoms with Crippen molar-refractivity contribution in [2.45, 2.75) is 12.8 Å². The van der Waals surface area contributed by atoms with Crippen molar-refractivity contribution in [1.82, 2.24) is 0 Å². The zero-order chi connectivity index (χ0) is 18.0. The van der Waals surface area contributed by atoms with Crippen LogP contribution in [-0.2, 0) is 11.2 Å². The first-order valence-corrected chi connectivity index (χ1v) is 7.92. The van der Waals surface area contributed by atoms with Gasteiger partial charge in [0.05, 0.1) is 25.3 Å². The highest BCUT2D eigenvalue weighted by Crippen LogP contribution is 2.33. The zero-order valence-electron chi connectivity index (χ0n) is 14.0. The normalized spacial score (nSPS) is 13.2. The molecule has 2 aromatic carbocycles. The summed E-state index contributed by atoms with van der Waals surface area (Å²) < 4.78 is 23.6. The van der Waals surface area contributed by atoms with E-state index in [1.54, 1.807) is 23.1 Å². The van der Waals surface area contributed by atoms with Crippen molar-refractivity contribution in [2.75, 3.05) is 25.7 Å². The van der Waals surface area contributed by atoms with E-state index >= 15 is 0 Å². The minimum Gasteiger partial charge on any atom is -0.496 e. The lowest BCUT2D eigenvalue weighted by molar-refractivity contribution is 0.0599. The van der Waals surface area contributed by atoms with Crippen LogP contribution >= 0.6 is 0 Å². The van der Waals surface area contributed by atoms with Crippen LogP contribution in [0.25, 0.3) is 0 Å². The topological polar surface area (TPSA) is 55.8 Å². The number of hydrogen-bond acceptors (Lipinski definition) is 4. The molecule has 1 heterocycles. The summed E-state index contributed by atoms with van der Waals surface area (Å²) in [6.45, 7) is 0.482. The standard InChI is InChI=1S/C19H18FNO4/c1-24-17-9-8-12(20)11-15(17)18(22)21-10-4-6-13-14(19(23)25-2)5-3-7-16(13)21/h3,5,7-9,11H,4,6,10H2,1-2H3. The molecule has 3 rings (SSSR count). The van der Waals surface area contributed by atoms with Gasteiger partial charge in [-0.05, 0) is 48.7 Å². The molecule has 1 aliphatic heterocycles. The molecule has 0 N–H and O–H groups in total. The molecule has 1 amide bonds. The highest BCUT2D eigenvalue weighted by Gasteiger charge is 2.28. The fourth-order valence-corrected chi connectivity index (χ4v) is 3.13. The lowest BCUT2D eigenvalue weighted by Crippen LogP contribution is -2.36. The first-order chi connectivity index (χ1) is 12.1. The van der Waals surface area contributed by atoms with E-state index in [-0.39, 0.29) is 11.5 Å². The maximum Gasteiger partial charge on any atom is 0.338 e. The minimum atomic E-state index is -0.510. The molecule has 5 nitrogen and oxygen atoms in total. The number of nitrogens with zero attached hydrogens (tertiary/aromatic N) is 1. The van der Waals surface area contributed by atoms with Gasteiger partial charge in [-0.2, -0.15) is 0 Å². The molecule has 25 heavy (non-hydrogen) atoms. The van der Waals surface area contributed by atoms with E-state index < -0.39 is 11.8 Å². The van der Waals surface area contributed by atoms with E-state index in [1.807, 2.05) is 0 Å². The first-order valence-electron chi connectivity index (χ1n) is 7.92. The zero-order valence-corrected chi connectivity index (χ0v) is 14.0. The number of esters is 1. The monoisotopic (exact) mass is 343 g/mol. The van der Waals surface area contributed by atoms with E-state index in [0.29, 0.717) is 36.4 Å². The second-order valence-corrected chi connectivity index (χ2v) is 5.70. The Balaban J connectivity index is 2.06. The van der Waals surface area contributed by atoms with Crippen molar-refractivity contribution in [1.29, 1.82) is 0 Å². The number of methoxy groups -OCH3 is 2. The summed E-state index contributed by atoms with van der Waals surface area (Å²) in [6.07, 6.45) is 1.37. The van der Waals surface area contributed by atoms with E-state index in [9.17, 15) is 14.0 Å². The van der Waals surface area contributed by atoms with Crippen molar-refractivity contribution < 1.29 is 23.5 Å². The van der Waals surface area contributed by atoms with Crippen LogP contribution in [-0.4, -0.2) is 32.6 Å². The summed E-state index contributed by atoms with van der Waals surface area (Å²) in [5.41, 5.74) is 2.01. The molecule has 0 spiro atoms. The maximum absolute atomic E-state index is 13.6. The minimum absolute atomic E-state index is 0.152. The third-order valence-corrected chi connectivity index (χ3v) is 4.29. The number of rotatable bonds is 3. The lowest BCUT2D eigenvalue weighted by Gasteiger charge is -2.31. The van der Waals surface area contributed by atoms with Crippen molar-refractivity contribution in [3.8, 4) is 5.75 Å². The predicted octanol–water partition coefficient (Wildman–Crippen LogP) is 3.21. The molecule has 0 aliphatic carbocycles. The molecule has 0 fully saturated rings. The van der Waals surface area contributed by atoms with Gasteiger partial charge in [-0.25, -0.2) is 9.18 Å². The number of ether oxygens (including phenoxy) is 2. The summed E-state index contributed by atoms with van der Waals surface area (Å²) in [4.78, 5) is 26.5. The van der Waals surface area contributed by atoms with Gasteiger partial charge < -0.3 is 14.4 Å². The van der Waals surface area contributed by atoms with Crippen LogP contribution in [0.2, 0.25) is 0 Å². The lowest BCUT2D eigenvalue weighted by atomic mass is 9.95. The van der Waals surface area contributed by atoms with Gasteiger partial charge in [0.15, 0.2) is 0 Å². The van der Waals surface area contributed by atoms with E-state index in [4.69, 9.17) is 9.47 Å². The molecule has 0 atom stereocenters. The van der Waals surface area contributed by atoms with Crippen molar-refractivity contribution in [3.63, 3.8) is 0 Å². The first kappa shape index (κ1) is 17.0. The van der Waals surface area contributed by atoms with Gasteiger partial charge in [-0.3, -0.25) is 4.79 Å². The fraction of sp³-hybridized carbons (Fsp3) is 0.263. The van der Waals surface area contributed by atoms with Gasteiger partial charge in [0, 0.05) is 12.2 Å². The molecule has 0 saturated heterocycles. The smallest absolute Gasteiger partial charge is 0.338 e. The second kappa shape index (κ2) is 6.93. The summed E-state index contributed by atoms with van der Waals surface area (Å²) in [6, 6.07) is 9.01. The number of amides is 1. The molecule has 0 aromatic heterocycles. The van der Waals surface area contributed by atoms with Crippen LogP contribution in [0.4, 0.5) is 10.1 Å². The SMILES string of the molecule is COC(=O)c1cccc2c1CCCN2C(=O)c1cc(F)ccc1OC. The molecule has 1 aliphatic rings. The number of benzene rings is 2. The van der Waals surface area contributed by atoms with Gasteiger partial charge in [0.25, 0.3) is 5.91 Å². The third-order valence-electron chi connectivity index (χ3n) is 4.29. The van der Waals surface area contributed by atoms with Crippen molar-refractivity contribution >= 4 is 17.6 Å². The Hall–Kier alpha value is -2.89. The van der Waals surface area contributed by atoms with Crippen LogP contribution in [0.15, 0.2) is 36.4 Å². The molecule has 130 valence electrons. The quantitative estimate of drug-likeness (QED) is 0.803. The molecule has 6 heteroatoms. The van der Waals surface area contributed by atoms with Crippen molar-refractivity contribution in [2.24, 2.45) is 0 Å². The van der Waals surface area contributed by atoms with E-state index in [2.05, 4.69) is 0 Å². The average Bonchev–Trinajstić information content (AvgIpc) is 2.65. The Bertz CT molecular complexity index is 834. The number of hydrogen-bond donors (Lipinski definition) is 0. The summed E-state index contributed by atoms with van der Waals surface area (Å²) in [5.74, 6) is -0.999. The molecular weight excluding hydrogens is 325 g/mol.